The number of rotatable bonds is 6. The molecule has 0 aliphatic rings. The zero-order valence-corrected chi connectivity index (χ0v) is 11.8. The van der Waals surface area contributed by atoms with Crippen molar-refractivity contribution in [1.29, 1.82) is 0 Å². The lowest BCUT2D eigenvalue weighted by Crippen LogP contribution is -2.24. The highest BCUT2D eigenvalue weighted by Crippen LogP contribution is 2.22. The van der Waals surface area contributed by atoms with Crippen LogP contribution < -0.4 is 10.1 Å². The standard InChI is InChI=1S/C15H19N3O2/c1-3-4-8-16-15(19)14-10-13(17-18-14)11-6-5-7-12(9-11)20-2/h5-7,9-10H,3-4,8H2,1-2H3,(H,16,19)(H,17,18). The van der Waals surface area contributed by atoms with Crippen molar-refractivity contribution in [3.63, 3.8) is 0 Å². The first kappa shape index (κ1) is 14.1. The van der Waals surface area contributed by atoms with Crippen molar-refractivity contribution in [2.24, 2.45) is 0 Å². The fraction of sp³-hybridized carbons (Fsp3) is 0.333. The van der Waals surface area contributed by atoms with Gasteiger partial charge in [-0.3, -0.25) is 9.89 Å². The highest BCUT2D eigenvalue weighted by atomic mass is 16.5. The van der Waals surface area contributed by atoms with E-state index in [0.29, 0.717) is 12.2 Å². The van der Waals surface area contributed by atoms with Gasteiger partial charge in [-0.05, 0) is 24.6 Å². The molecule has 1 amide bonds. The molecular formula is C15H19N3O2. The molecule has 0 fully saturated rings. The molecule has 0 aliphatic heterocycles. The van der Waals surface area contributed by atoms with E-state index in [1.807, 2.05) is 24.3 Å². The minimum atomic E-state index is -0.125. The molecule has 0 spiro atoms. The molecule has 0 saturated carbocycles. The van der Waals surface area contributed by atoms with Gasteiger partial charge in [0.1, 0.15) is 11.4 Å². The van der Waals surface area contributed by atoms with E-state index in [4.69, 9.17) is 4.74 Å². The van der Waals surface area contributed by atoms with Crippen molar-refractivity contribution in [2.75, 3.05) is 13.7 Å². The number of carbonyl (C=O) groups excluding carboxylic acids is 1. The van der Waals surface area contributed by atoms with Crippen LogP contribution in [0.2, 0.25) is 0 Å². The van der Waals surface area contributed by atoms with E-state index in [1.54, 1.807) is 13.2 Å². The monoisotopic (exact) mass is 273 g/mol. The lowest BCUT2D eigenvalue weighted by Gasteiger charge is -2.01. The Kier molecular flexibility index (Phi) is 4.76. The Morgan fingerprint density at radius 3 is 3.00 bits per heavy atom. The first-order valence-corrected chi connectivity index (χ1v) is 6.72. The number of methoxy groups -OCH3 is 1. The van der Waals surface area contributed by atoms with E-state index in [1.165, 1.54) is 0 Å². The third-order valence-electron chi connectivity index (χ3n) is 3.00. The predicted molar refractivity (Wildman–Crippen MR) is 77.8 cm³/mol. The molecular weight excluding hydrogens is 254 g/mol. The van der Waals surface area contributed by atoms with Crippen molar-refractivity contribution in [2.45, 2.75) is 19.8 Å². The Labute approximate surface area is 118 Å². The average Bonchev–Trinajstić information content (AvgIpc) is 2.97. The number of nitrogens with one attached hydrogen (secondary N) is 2. The second-order valence-electron chi connectivity index (χ2n) is 4.51. The van der Waals surface area contributed by atoms with E-state index in [9.17, 15) is 4.79 Å². The van der Waals surface area contributed by atoms with Crippen LogP contribution in [0.1, 0.15) is 30.3 Å². The van der Waals surface area contributed by atoms with Gasteiger partial charge in [-0.25, -0.2) is 0 Å². The molecule has 0 saturated heterocycles. The molecule has 5 heteroatoms. The Morgan fingerprint density at radius 2 is 2.25 bits per heavy atom. The highest BCUT2D eigenvalue weighted by molar-refractivity contribution is 5.93. The summed E-state index contributed by atoms with van der Waals surface area (Å²) < 4.78 is 5.18. The largest absolute Gasteiger partial charge is 0.497 e. The topological polar surface area (TPSA) is 67.0 Å². The normalized spacial score (nSPS) is 10.3. The van der Waals surface area contributed by atoms with Crippen LogP contribution in [0.5, 0.6) is 5.75 Å². The fourth-order valence-electron chi connectivity index (χ4n) is 1.84. The number of aromatic amines is 1. The SMILES string of the molecule is CCCCNC(=O)c1cc(-c2cccc(OC)c2)n[nH]1. The van der Waals surface area contributed by atoms with E-state index >= 15 is 0 Å². The van der Waals surface area contributed by atoms with Crippen LogP contribution in [0.15, 0.2) is 30.3 Å². The Morgan fingerprint density at radius 1 is 1.40 bits per heavy atom. The molecule has 1 heterocycles. The Bertz CT molecular complexity index is 578. The van der Waals surface area contributed by atoms with E-state index < -0.39 is 0 Å². The summed E-state index contributed by atoms with van der Waals surface area (Å²) in [4.78, 5) is 11.9. The zero-order valence-electron chi connectivity index (χ0n) is 11.8. The van der Waals surface area contributed by atoms with Crippen molar-refractivity contribution in [1.82, 2.24) is 15.5 Å². The number of unbranched alkanes of at least 4 members (excludes halogenated alkanes) is 1. The highest BCUT2D eigenvalue weighted by Gasteiger charge is 2.10. The first-order valence-electron chi connectivity index (χ1n) is 6.72. The third kappa shape index (κ3) is 3.38. The van der Waals surface area contributed by atoms with Gasteiger partial charge in [0.25, 0.3) is 5.91 Å². The minimum Gasteiger partial charge on any atom is -0.497 e. The number of amides is 1. The lowest BCUT2D eigenvalue weighted by molar-refractivity contribution is 0.0948. The smallest absolute Gasteiger partial charge is 0.269 e. The summed E-state index contributed by atoms with van der Waals surface area (Å²) >= 11 is 0. The fourth-order valence-corrected chi connectivity index (χ4v) is 1.84. The second kappa shape index (κ2) is 6.75. The maximum absolute atomic E-state index is 11.9. The number of ether oxygens (including phenoxy) is 1. The predicted octanol–water partition coefficient (Wildman–Crippen LogP) is 2.62. The van der Waals surface area contributed by atoms with Crippen molar-refractivity contribution in [3.8, 4) is 17.0 Å². The summed E-state index contributed by atoms with van der Waals surface area (Å²) in [6, 6.07) is 9.32. The lowest BCUT2D eigenvalue weighted by atomic mass is 10.1. The van der Waals surface area contributed by atoms with Crippen molar-refractivity contribution >= 4 is 5.91 Å². The Hall–Kier alpha value is -2.30. The number of hydrogen-bond donors (Lipinski definition) is 2. The summed E-state index contributed by atoms with van der Waals surface area (Å²) in [6.07, 6.45) is 2.03. The van der Waals surface area contributed by atoms with Crippen molar-refractivity contribution in [3.05, 3.63) is 36.0 Å². The molecule has 0 bridgehead atoms. The van der Waals surface area contributed by atoms with Gasteiger partial charge in [-0.1, -0.05) is 25.5 Å². The minimum absolute atomic E-state index is 0.125. The molecule has 0 atom stereocenters. The van der Waals surface area contributed by atoms with Crippen LogP contribution in [-0.2, 0) is 0 Å². The van der Waals surface area contributed by atoms with E-state index in [2.05, 4.69) is 22.4 Å². The van der Waals surface area contributed by atoms with Gasteiger partial charge in [0.2, 0.25) is 0 Å². The molecule has 5 nitrogen and oxygen atoms in total. The third-order valence-corrected chi connectivity index (χ3v) is 3.00. The number of carbonyl (C=O) groups is 1. The summed E-state index contributed by atoms with van der Waals surface area (Å²) in [6.45, 7) is 2.77. The van der Waals surface area contributed by atoms with Crippen LogP contribution in [-0.4, -0.2) is 29.8 Å². The number of benzene rings is 1. The van der Waals surface area contributed by atoms with Crippen LogP contribution in [0.4, 0.5) is 0 Å². The van der Waals surface area contributed by atoms with Gasteiger partial charge in [0, 0.05) is 12.1 Å². The molecule has 2 aromatic rings. The summed E-state index contributed by atoms with van der Waals surface area (Å²) in [5.41, 5.74) is 2.11. The summed E-state index contributed by atoms with van der Waals surface area (Å²) in [5, 5.41) is 9.79. The van der Waals surface area contributed by atoms with Gasteiger partial charge < -0.3 is 10.1 Å². The maximum atomic E-state index is 11.9. The second-order valence-corrected chi connectivity index (χ2v) is 4.51. The van der Waals surface area contributed by atoms with Crippen LogP contribution in [0.25, 0.3) is 11.3 Å². The molecule has 20 heavy (non-hydrogen) atoms. The molecule has 0 unspecified atom stereocenters. The quantitative estimate of drug-likeness (QED) is 0.795. The number of nitrogens with zero attached hydrogens (tertiary/aromatic N) is 1. The number of aromatic nitrogens is 2. The van der Waals surface area contributed by atoms with Gasteiger partial charge in [-0.2, -0.15) is 5.10 Å². The average molecular weight is 273 g/mol. The van der Waals surface area contributed by atoms with E-state index in [0.717, 1.165) is 29.8 Å². The molecule has 2 rings (SSSR count). The summed E-state index contributed by atoms with van der Waals surface area (Å²) in [5.74, 6) is 0.638. The maximum Gasteiger partial charge on any atom is 0.269 e. The van der Waals surface area contributed by atoms with Gasteiger partial charge in [0.05, 0.1) is 12.8 Å². The molecule has 0 radical (unpaired) electrons. The Balaban J connectivity index is 2.09. The van der Waals surface area contributed by atoms with Crippen molar-refractivity contribution < 1.29 is 9.53 Å². The van der Waals surface area contributed by atoms with Crippen LogP contribution in [0, 0.1) is 0 Å². The van der Waals surface area contributed by atoms with E-state index in [-0.39, 0.29) is 5.91 Å². The molecule has 2 N–H and O–H groups in total. The van der Waals surface area contributed by atoms with Gasteiger partial charge >= 0.3 is 0 Å². The van der Waals surface area contributed by atoms with Gasteiger partial charge in [-0.15, -0.1) is 0 Å². The number of H-pyrrole nitrogens is 1. The molecule has 1 aromatic carbocycles. The first-order chi connectivity index (χ1) is 9.74. The summed E-state index contributed by atoms with van der Waals surface area (Å²) in [7, 11) is 1.62. The zero-order chi connectivity index (χ0) is 14.4. The van der Waals surface area contributed by atoms with Gasteiger partial charge in [0.15, 0.2) is 0 Å². The van der Waals surface area contributed by atoms with Crippen LogP contribution in [0.3, 0.4) is 0 Å². The molecule has 106 valence electrons. The molecule has 1 aromatic heterocycles. The number of hydrogen-bond acceptors (Lipinski definition) is 3. The van der Waals surface area contributed by atoms with Crippen LogP contribution >= 0.6 is 0 Å². The molecule has 0 aliphatic carbocycles.